The van der Waals surface area contributed by atoms with Gasteiger partial charge in [0.25, 0.3) is 0 Å². The molecular weight excluding hydrogens is 285 g/mol. The van der Waals surface area contributed by atoms with Crippen molar-refractivity contribution in [1.29, 1.82) is 0 Å². The molecule has 0 saturated heterocycles. The predicted octanol–water partition coefficient (Wildman–Crippen LogP) is -2.00. The summed E-state index contributed by atoms with van der Waals surface area (Å²) in [6, 6.07) is 0. The van der Waals surface area contributed by atoms with Crippen molar-refractivity contribution < 1.29 is 38.4 Å². The molecule has 0 aliphatic heterocycles. The van der Waals surface area contributed by atoms with Crippen molar-refractivity contribution in [3.05, 3.63) is 0 Å². The molecule has 0 spiro atoms. The van der Waals surface area contributed by atoms with Gasteiger partial charge in [-0.1, -0.05) is 0 Å². The second kappa shape index (κ2) is 37.8. The van der Waals surface area contributed by atoms with Gasteiger partial charge in [-0.2, -0.15) is 0 Å². The molecule has 6 heteroatoms. The smallest absolute Gasteiger partial charge is 2.00 e. The Bertz CT molecular complexity index is 23.2. The van der Waals surface area contributed by atoms with Gasteiger partial charge in [0, 0.05) is 0 Å². The third-order valence-corrected chi connectivity index (χ3v) is 0. The third-order valence-electron chi connectivity index (χ3n) is 0. The van der Waals surface area contributed by atoms with Gasteiger partial charge in [-0.25, -0.2) is 0 Å². The van der Waals surface area contributed by atoms with Crippen molar-refractivity contribution in [3.63, 3.8) is 0 Å². The third kappa shape index (κ3) is 25.3. The minimum Gasteiger partial charge on any atom is -2.00 e. The zero-order chi connectivity index (χ0) is 0. The summed E-state index contributed by atoms with van der Waals surface area (Å²) in [6.07, 6.45) is 0. The van der Waals surface area contributed by atoms with Crippen molar-refractivity contribution in [3.8, 4) is 0 Å². The second-order valence-corrected chi connectivity index (χ2v) is 0. The maximum Gasteiger partial charge on any atom is 4.00 e. The van der Waals surface area contributed by atoms with Crippen LogP contribution in [0.1, 0.15) is 5.71 Å². The molecule has 0 aromatic heterocycles. The first-order valence-electron chi connectivity index (χ1n) is 0. The summed E-state index contributed by atoms with van der Waals surface area (Å²) in [5, 5.41) is 0. The molecule has 0 aliphatic carbocycles. The van der Waals surface area contributed by atoms with Crippen LogP contribution < -0.4 is 0 Å². The molecule has 0 heterocycles. The van der Waals surface area contributed by atoms with Gasteiger partial charge in [-0.15, -0.1) is 0 Å². The average Bonchev–Trinajstić information content (AvgIpc) is 0. The SMILES string of the molecule is [Ba+2].[Ca+2].[H-].[H-].[H-].[H-].[O-2].[O-2].[SiH4].[Ti+4]. The van der Waals surface area contributed by atoms with Crippen LogP contribution in [-0.4, -0.2) is 97.6 Å². The Morgan fingerprint density at radius 3 is 1.00 bits per heavy atom. The Hall–Kier alpha value is 3.68. The largest absolute Gasteiger partial charge is 4.00 e. The molecule has 0 fully saturated rings. The van der Waals surface area contributed by atoms with E-state index in [0.29, 0.717) is 0 Å². The molecule has 0 N–H and O–H groups in total. The standard InChI is InChI=1S/Ba.Ca.2O.H4Si.Ti.4H/h;;;;1H4;;;;;/q2*+2;2*-2;;+4;4*-1. The van der Waals surface area contributed by atoms with Crippen LogP contribution in [0.5, 0.6) is 0 Å². The number of hydrogen-bond acceptors (Lipinski definition) is 0. The fourth-order valence-electron chi connectivity index (χ4n) is 0. The summed E-state index contributed by atoms with van der Waals surface area (Å²) in [5.74, 6) is 0. The molecule has 32 valence electrons. The van der Waals surface area contributed by atoms with Crippen molar-refractivity contribution in [1.82, 2.24) is 0 Å². The van der Waals surface area contributed by atoms with Crippen LogP contribution in [0.15, 0.2) is 0 Å². The first-order chi connectivity index (χ1) is 0. The van der Waals surface area contributed by atoms with Crippen LogP contribution in [0, 0.1) is 0 Å². The summed E-state index contributed by atoms with van der Waals surface area (Å²) in [4.78, 5) is 0. The minimum absolute atomic E-state index is 0. The van der Waals surface area contributed by atoms with Gasteiger partial charge >= 0.3 is 108 Å². The predicted molar refractivity (Wildman–Crippen MR) is 28.7 cm³/mol. The maximum atomic E-state index is 0. The summed E-state index contributed by atoms with van der Waals surface area (Å²) in [7, 11) is 0. The van der Waals surface area contributed by atoms with Crippen LogP contribution in [0.3, 0.4) is 0 Å². The van der Waals surface area contributed by atoms with E-state index in [1.54, 1.807) is 0 Å². The average molecular weight is 293 g/mol. The Balaban J connectivity index is 0. The molecule has 0 amide bonds. The van der Waals surface area contributed by atoms with E-state index in [1.165, 1.54) is 0 Å². The molecule has 0 aromatic carbocycles. The van der Waals surface area contributed by atoms with E-state index in [2.05, 4.69) is 0 Å². The molecule has 0 rings (SSSR count). The minimum atomic E-state index is 0. The van der Waals surface area contributed by atoms with Gasteiger partial charge in [0.15, 0.2) is 0 Å². The first kappa shape index (κ1) is 53.8. The Morgan fingerprint density at radius 1 is 1.00 bits per heavy atom. The molecule has 0 aromatic rings. The van der Waals surface area contributed by atoms with E-state index in [9.17, 15) is 0 Å². The van der Waals surface area contributed by atoms with Crippen LogP contribution in [0.2, 0.25) is 0 Å². The second-order valence-electron chi connectivity index (χ2n) is 0. The topological polar surface area (TPSA) is 57.0 Å². The molecule has 6 heavy (non-hydrogen) atoms. The van der Waals surface area contributed by atoms with Crippen molar-refractivity contribution in [2.24, 2.45) is 0 Å². The monoisotopic (exact) mass is 294 g/mol. The molecule has 0 atom stereocenters. The van der Waals surface area contributed by atoms with Gasteiger partial charge in [0.05, 0.1) is 0 Å². The quantitative estimate of drug-likeness (QED) is 0.464. The molecule has 2 nitrogen and oxygen atoms in total. The van der Waals surface area contributed by atoms with E-state index in [-0.39, 0.29) is 136 Å². The van der Waals surface area contributed by atoms with E-state index >= 15 is 0 Å². The fourth-order valence-corrected chi connectivity index (χ4v) is 0. The first-order valence-corrected chi connectivity index (χ1v) is 0. The van der Waals surface area contributed by atoms with Gasteiger partial charge in [-0.3, -0.25) is 0 Å². The summed E-state index contributed by atoms with van der Waals surface area (Å²) >= 11 is 0. The van der Waals surface area contributed by atoms with Crippen LogP contribution in [0.4, 0.5) is 0 Å². The summed E-state index contributed by atoms with van der Waals surface area (Å²) < 4.78 is 0. The van der Waals surface area contributed by atoms with Crippen molar-refractivity contribution in [2.45, 2.75) is 0 Å². The molecule has 0 aliphatic rings. The summed E-state index contributed by atoms with van der Waals surface area (Å²) in [5.41, 5.74) is 0. The van der Waals surface area contributed by atoms with Crippen LogP contribution >= 0.6 is 0 Å². The van der Waals surface area contributed by atoms with Crippen molar-refractivity contribution >= 4 is 97.6 Å². The molecule has 0 radical (unpaired) electrons. The molecule has 0 unspecified atom stereocenters. The van der Waals surface area contributed by atoms with E-state index in [1.807, 2.05) is 0 Å². The van der Waals surface area contributed by atoms with Gasteiger partial charge in [0.2, 0.25) is 0 Å². The summed E-state index contributed by atoms with van der Waals surface area (Å²) in [6.45, 7) is 0. The Kier molecular flexibility index (Phi) is 339. The maximum absolute atomic E-state index is 0. The van der Waals surface area contributed by atoms with E-state index in [4.69, 9.17) is 0 Å². The zero-order valence-corrected chi connectivity index (χ0v) is 10.9. The normalized spacial score (nSPS) is 0. The van der Waals surface area contributed by atoms with Gasteiger partial charge in [-0.05, 0) is 11.0 Å². The van der Waals surface area contributed by atoms with E-state index < -0.39 is 0 Å². The molecule has 0 saturated carbocycles. The fraction of sp³-hybridized carbons (Fsp3) is 0. The van der Waals surface area contributed by atoms with Crippen molar-refractivity contribution in [2.75, 3.05) is 0 Å². The Morgan fingerprint density at radius 2 is 1.00 bits per heavy atom. The number of hydrogen-bond donors (Lipinski definition) is 0. The van der Waals surface area contributed by atoms with Gasteiger partial charge < -0.3 is 16.7 Å². The number of rotatable bonds is 0. The molecule has 0 bridgehead atoms. The molecular formula is H8BaCaO2SiTi. The van der Waals surface area contributed by atoms with Gasteiger partial charge in [0.1, 0.15) is 0 Å². The van der Waals surface area contributed by atoms with Crippen LogP contribution in [-0.2, 0) is 32.7 Å². The zero-order valence-electron chi connectivity index (χ0n) is 6.73. The Labute approximate surface area is 133 Å². The van der Waals surface area contributed by atoms with Crippen LogP contribution in [0.25, 0.3) is 0 Å². The van der Waals surface area contributed by atoms with E-state index in [0.717, 1.165) is 0 Å².